The summed E-state index contributed by atoms with van der Waals surface area (Å²) in [6.45, 7) is 9.49. The monoisotopic (exact) mass is 286 g/mol. The Kier molecular flexibility index (Phi) is 5.98. The molecular weight excluding hydrogens is 264 g/mol. The van der Waals surface area contributed by atoms with Crippen molar-refractivity contribution in [3.8, 4) is 11.8 Å². The van der Waals surface area contributed by atoms with Gasteiger partial charge in [-0.05, 0) is 50.3 Å². The summed E-state index contributed by atoms with van der Waals surface area (Å²) in [7, 11) is 0. The number of anilines is 1. The maximum absolute atomic E-state index is 12.3. The van der Waals surface area contributed by atoms with E-state index >= 15 is 0 Å². The van der Waals surface area contributed by atoms with E-state index in [1.165, 1.54) is 0 Å². The maximum Gasteiger partial charge on any atom is 0.300 e. The molecule has 0 radical (unpaired) electrons. The number of benzene rings is 1. The van der Waals surface area contributed by atoms with Gasteiger partial charge in [-0.1, -0.05) is 25.8 Å². The molecule has 0 heterocycles. The van der Waals surface area contributed by atoms with Gasteiger partial charge in [0.2, 0.25) is 0 Å². The lowest BCUT2D eigenvalue weighted by atomic mass is 9.99. The Bertz CT molecular complexity index is 593. The molecular formula is C17H22N2O2. The molecule has 0 aliphatic heterocycles. The molecule has 0 fully saturated rings. The third kappa shape index (κ3) is 4.96. The van der Waals surface area contributed by atoms with Crippen molar-refractivity contribution in [2.24, 2.45) is 0 Å². The van der Waals surface area contributed by atoms with Gasteiger partial charge in [-0.25, -0.2) is 0 Å². The van der Waals surface area contributed by atoms with Gasteiger partial charge in [0.15, 0.2) is 0 Å². The number of amides is 2. The van der Waals surface area contributed by atoms with Gasteiger partial charge in [0.25, 0.3) is 11.8 Å². The molecule has 0 spiro atoms. The molecule has 0 unspecified atom stereocenters. The van der Waals surface area contributed by atoms with Crippen LogP contribution in [0.2, 0.25) is 0 Å². The van der Waals surface area contributed by atoms with Crippen LogP contribution in [-0.4, -0.2) is 17.9 Å². The average Bonchev–Trinajstić information content (AvgIpc) is 2.38. The highest BCUT2D eigenvalue weighted by molar-refractivity contribution is 6.09. The highest BCUT2D eigenvalue weighted by Gasteiger charge is 2.15. The predicted octanol–water partition coefficient (Wildman–Crippen LogP) is 2.91. The largest absolute Gasteiger partial charge is 0.350 e. The number of carbonyl (C=O) groups is 2. The summed E-state index contributed by atoms with van der Waals surface area (Å²) in [5.74, 6) is 4.62. The van der Waals surface area contributed by atoms with E-state index < -0.39 is 5.91 Å². The molecule has 0 saturated carbocycles. The summed E-state index contributed by atoms with van der Waals surface area (Å²) >= 11 is 0. The second kappa shape index (κ2) is 7.49. The van der Waals surface area contributed by atoms with E-state index in [9.17, 15) is 9.59 Å². The third-order valence-corrected chi connectivity index (χ3v) is 2.86. The molecule has 4 heteroatoms. The van der Waals surface area contributed by atoms with Crippen molar-refractivity contribution < 1.29 is 9.59 Å². The lowest BCUT2D eigenvalue weighted by Gasteiger charge is -2.15. The van der Waals surface area contributed by atoms with Gasteiger partial charge in [0.1, 0.15) is 0 Å². The Labute approximate surface area is 126 Å². The summed E-state index contributed by atoms with van der Waals surface area (Å²) in [5, 5.41) is 5.50. The number of hydrogen-bond acceptors (Lipinski definition) is 2. The summed E-state index contributed by atoms with van der Waals surface area (Å²) in [4.78, 5) is 23.9. The number of hydrogen-bond donors (Lipinski definition) is 2. The maximum atomic E-state index is 12.3. The Morgan fingerprint density at radius 3 is 2.33 bits per heavy atom. The summed E-state index contributed by atoms with van der Waals surface area (Å²) in [6, 6.07) is 5.50. The highest BCUT2D eigenvalue weighted by atomic mass is 16.2. The van der Waals surface area contributed by atoms with Crippen LogP contribution in [0.4, 0.5) is 5.69 Å². The molecule has 21 heavy (non-hydrogen) atoms. The van der Waals surface area contributed by atoms with Crippen molar-refractivity contribution in [1.82, 2.24) is 5.32 Å². The molecule has 0 saturated heterocycles. The van der Waals surface area contributed by atoms with Crippen molar-refractivity contribution in [3.05, 3.63) is 29.3 Å². The van der Waals surface area contributed by atoms with Crippen molar-refractivity contribution in [2.75, 3.05) is 5.32 Å². The fraction of sp³-hybridized carbons (Fsp3) is 0.412. The lowest BCUT2D eigenvalue weighted by Crippen LogP contribution is -2.31. The first-order chi connectivity index (χ1) is 9.85. The quantitative estimate of drug-likeness (QED) is 0.836. The van der Waals surface area contributed by atoms with Crippen molar-refractivity contribution >= 4 is 17.5 Å². The lowest BCUT2D eigenvalue weighted by molar-refractivity contribution is -0.111. The summed E-state index contributed by atoms with van der Waals surface area (Å²) in [5.41, 5.74) is 1.98. The standard InChI is InChI=1S/C17H22N2O2/c1-6-7-16(20)19-15-9-8-13(11(2)3)10-14(15)17(21)18-12(4)5/h8-12H,1-5H3,(H,18,21)(H,19,20). The summed E-state index contributed by atoms with van der Waals surface area (Å²) in [6.07, 6.45) is 0. The zero-order chi connectivity index (χ0) is 16.0. The first-order valence-corrected chi connectivity index (χ1v) is 7.03. The van der Waals surface area contributed by atoms with Gasteiger partial charge in [0, 0.05) is 6.04 Å². The minimum absolute atomic E-state index is 0.0270. The molecule has 1 aromatic carbocycles. The molecule has 1 aromatic rings. The van der Waals surface area contributed by atoms with Gasteiger partial charge < -0.3 is 10.6 Å². The van der Waals surface area contributed by atoms with Crippen LogP contribution in [0.3, 0.4) is 0 Å². The van der Waals surface area contributed by atoms with Crippen LogP contribution >= 0.6 is 0 Å². The van der Waals surface area contributed by atoms with Gasteiger partial charge in [-0.15, -0.1) is 0 Å². The molecule has 0 aliphatic carbocycles. The van der Waals surface area contributed by atoms with E-state index in [-0.39, 0.29) is 11.9 Å². The number of carbonyl (C=O) groups excluding carboxylic acids is 2. The highest BCUT2D eigenvalue weighted by Crippen LogP contribution is 2.22. The topological polar surface area (TPSA) is 58.2 Å². The van der Waals surface area contributed by atoms with Gasteiger partial charge in [0.05, 0.1) is 11.3 Å². The van der Waals surface area contributed by atoms with E-state index in [0.29, 0.717) is 17.2 Å². The second-order valence-corrected chi connectivity index (χ2v) is 5.42. The van der Waals surface area contributed by atoms with Crippen molar-refractivity contribution in [2.45, 2.75) is 46.6 Å². The van der Waals surface area contributed by atoms with E-state index in [4.69, 9.17) is 0 Å². The van der Waals surface area contributed by atoms with E-state index in [0.717, 1.165) is 5.56 Å². The fourth-order valence-electron chi connectivity index (χ4n) is 1.82. The number of rotatable bonds is 4. The Hall–Kier alpha value is -2.28. The van der Waals surface area contributed by atoms with Crippen LogP contribution < -0.4 is 10.6 Å². The Balaban J connectivity index is 3.18. The second-order valence-electron chi connectivity index (χ2n) is 5.42. The SMILES string of the molecule is CC#CC(=O)Nc1ccc(C(C)C)cc1C(=O)NC(C)C. The minimum atomic E-state index is -0.423. The third-order valence-electron chi connectivity index (χ3n) is 2.86. The minimum Gasteiger partial charge on any atom is -0.350 e. The van der Waals surface area contributed by atoms with Crippen molar-refractivity contribution in [1.29, 1.82) is 0 Å². The van der Waals surface area contributed by atoms with E-state index in [1.807, 2.05) is 26.0 Å². The first-order valence-electron chi connectivity index (χ1n) is 7.03. The van der Waals surface area contributed by atoms with Crippen LogP contribution in [0.5, 0.6) is 0 Å². The van der Waals surface area contributed by atoms with Gasteiger partial charge in [-0.3, -0.25) is 9.59 Å². The van der Waals surface area contributed by atoms with Crippen LogP contribution in [0.1, 0.15) is 56.5 Å². The van der Waals surface area contributed by atoms with Crippen LogP contribution in [0, 0.1) is 11.8 Å². The van der Waals surface area contributed by atoms with Crippen molar-refractivity contribution in [3.63, 3.8) is 0 Å². The smallest absolute Gasteiger partial charge is 0.300 e. The molecule has 0 aliphatic rings. The summed E-state index contributed by atoms with van der Waals surface area (Å²) < 4.78 is 0. The Morgan fingerprint density at radius 2 is 1.81 bits per heavy atom. The molecule has 1 rings (SSSR count). The average molecular weight is 286 g/mol. The molecule has 0 bridgehead atoms. The zero-order valence-electron chi connectivity index (χ0n) is 13.2. The Morgan fingerprint density at radius 1 is 1.14 bits per heavy atom. The van der Waals surface area contributed by atoms with Gasteiger partial charge >= 0.3 is 0 Å². The molecule has 4 nitrogen and oxygen atoms in total. The van der Waals surface area contributed by atoms with Crippen LogP contribution in [0.15, 0.2) is 18.2 Å². The number of nitrogens with one attached hydrogen (secondary N) is 2. The molecule has 0 aromatic heterocycles. The molecule has 2 amide bonds. The normalized spacial score (nSPS) is 10.0. The van der Waals surface area contributed by atoms with Crippen LogP contribution in [0.25, 0.3) is 0 Å². The zero-order valence-corrected chi connectivity index (χ0v) is 13.2. The van der Waals surface area contributed by atoms with Gasteiger partial charge in [-0.2, -0.15) is 0 Å². The molecule has 2 N–H and O–H groups in total. The molecule has 112 valence electrons. The van der Waals surface area contributed by atoms with Crippen LogP contribution in [-0.2, 0) is 4.79 Å². The fourth-order valence-corrected chi connectivity index (χ4v) is 1.82. The first kappa shape index (κ1) is 16.8. The van der Waals surface area contributed by atoms with E-state index in [2.05, 4.69) is 36.3 Å². The van der Waals surface area contributed by atoms with E-state index in [1.54, 1.807) is 13.0 Å². The predicted molar refractivity (Wildman–Crippen MR) is 85.2 cm³/mol. The molecule has 0 atom stereocenters.